The molecule has 2 aromatic carbocycles. The molecule has 4 heteroatoms. The lowest BCUT2D eigenvalue weighted by molar-refractivity contribution is -0.117. The fourth-order valence-corrected chi connectivity index (χ4v) is 2.46. The van der Waals surface area contributed by atoms with Crippen LogP contribution in [0.1, 0.15) is 18.4 Å². The van der Waals surface area contributed by atoms with Crippen molar-refractivity contribution < 1.29 is 4.79 Å². The van der Waals surface area contributed by atoms with Crippen LogP contribution in [0.2, 0.25) is 0 Å². The van der Waals surface area contributed by atoms with Crippen LogP contribution in [0, 0.1) is 0 Å². The van der Waals surface area contributed by atoms with E-state index in [0.717, 1.165) is 22.4 Å². The van der Waals surface area contributed by atoms with Gasteiger partial charge in [0.1, 0.15) is 0 Å². The van der Waals surface area contributed by atoms with Crippen molar-refractivity contribution in [2.75, 3.05) is 11.1 Å². The molecule has 0 spiro atoms. The first-order valence-corrected chi connectivity index (χ1v) is 5.97. The van der Waals surface area contributed by atoms with E-state index in [-0.39, 0.29) is 24.2 Å². The number of carbonyl (C=O) groups is 1. The zero-order valence-corrected chi connectivity index (χ0v) is 11.3. The van der Waals surface area contributed by atoms with Gasteiger partial charge in [-0.3, -0.25) is 4.79 Å². The summed E-state index contributed by atoms with van der Waals surface area (Å²) in [6.07, 6.45) is 0. The Bertz CT molecular complexity index is 640. The molecule has 0 bridgehead atoms. The van der Waals surface area contributed by atoms with Crippen LogP contribution in [-0.4, -0.2) is 5.91 Å². The summed E-state index contributed by atoms with van der Waals surface area (Å²) in [5.74, 6) is -0.167. The van der Waals surface area contributed by atoms with Crippen molar-refractivity contribution in [1.29, 1.82) is 0 Å². The molecule has 98 valence electrons. The number of nitrogens with two attached hydrogens (primary N) is 1. The summed E-state index contributed by atoms with van der Waals surface area (Å²) in [4.78, 5) is 12.1. The molecular formula is C15H15ClN2O. The topological polar surface area (TPSA) is 55.1 Å². The quantitative estimate of drug-likeness (QED) is 0.723. The van der Waals surface area contributed by atoms with Crippen molar-refractivity contribution in [1.82, 2.24) is 0 Å². The lowest BCUT2D eigenvalue weighted by atomic mass is 9.92. The Kier molecular flexibility index (Phi) is 3.49. The van der Waals surface area contributed by atoms with Crippen LogP contribution in [0.25, 0.3) is 11.1 Å². The number of benzene rings is 2. The molecule has 1 amide bonds. The molecule has 0 fully saturated rings. The highest BCUT2D eigenvalue weighted by Crippen LogP contribution is 2.40. The van der Waals surface area contributed by atoms with Gasteiger partial charge in [0.05, 0.1) is 11.6 Å². The van der Waals surface area contributed by atoms with Crippen molar-refractivity contribution in [3.05, 3.63) is 48.0 Å². The Morgan fingerprint density at radius 2 is 1.84 bits per heavy atom. The largest absolute Gasteiger partial charge is 0.398 e. The van der Waals surface area contributed by atoms with Crippen molar-refractivity contribution >= 4 is 29.7 Å². The maximum Gasteiger partial charge on any atom is 0.231 e. The second-order valence-electron chi connectivity index (χ2n) is 4.57. The van der Waals surface area contributed by atoms with E-state index in [0.29, 0.717) is 5.69 Å². The molecule has 0 aromatic heterocycles. The molecule has 1 aliphatic rings. The first-order valence-electron chi connectivity index (χ1n) is 5.97. The van der Waals surface area contributed by atoms with Gasteiger partial charge < -0.3 is 11.1 Å². The molecule has 0 saturated carbocycles. The maximum atomic E-state index is 12.1. The smallest absolute Gasteiger partial charge is 0.231 e. The van der Waals surface area contributed by atoms with Crippen LogP contribution < -0.4 is 11.1 Å². The van der Waals surface area contributed by atoms with Crippen LogP contribution in [0.15, 0.2) is 42.5 Å². The highest BCUT2D eigenvalue weighted by molar-refractivity contribution is 6.05. The summed E-state index contributed by atoms with van der Waals surface area (Å²) in [5, 5.41) is 2.94. The number of rotatable bonds is 0. The fourth-order valence-electron chi connectivity index (χ4n) is 2.46. The third kappa shape index (κ3) is 2.06. The summed E-state index contributed by atoms with van der Waals surface area (Å²) in [5.41, 5.74) is 10.5. The van der Waals surface area contributed by atoms with Crippen LogP contribution >= 0.6 is 12.4 Å². The third-order valence-corrected chi connectivity index (χ3v) is 3.44. The first-order chi connectivity index (χ1) is 8.68. The molecule has 3 N–H and O–H groups in total. The summed E-state index contributed by atoms with van der Waals surface area (Å²) >= 11 is 0. The molecule has 1 heterocycles. The van der Waals surface area contributed by atoms with E-state index in [9.17, 15) is 4.79 Å². The Balaban J connectivity index is 0.00000133. The molecule has 2 aromatic rings. The van der Waals surface area contributed by atoms with E-state index >= 15 is 0 Å². The number of carbonyl (C=O) groups excluding carboxylic acids is 1. The second kappa shape index (κ2) is 4.94. The standard InChI is InChI=1S/C15H14N2O.ClH/c1-9-10-5-2-3-6-11(10)14-12(16)7-4-8-13(14)17-15(9)18;/h2-9H,16H2,1H3,(H,17,18);1H. The minimum absolute atomic E-state index is 0. The van der Waals surface area contributed by atoms with Crippen molar-refractivity contribution in [3.63, 3.8) is 0 Å². The van der Waals surface area contributed by atoms with Crippen LogP contribution in [0.4, 0.5) is 11.4 Å². The Hall–Kier alpha value is -2.00. The summed E-state index contributed by atoms with van der Waals surface area (Å²) in [7, 11) is 0. The normalized spacial score (nSPS) is 16.5. The molecule has 1 atom stereocenters. The number of hydrogen-bond acceptors (Lipinski definition) is 2. The van der Waals surface area contributed by atoms with Gasteiger partial charge in [0.15, 0.2) is 0 Å². The van der Waals surface area contributed by atoms with Crippen molar-refractivity contribution in [2.24, 2.45) is 0 Å². The maximum absolute atomic E-state index is 12.1. The molecule has 19 heavy (non-hydrogen) atoms. The van der Waals surface area contributed by atoms with E-state index in [2.05, 4.69) is 5.32 Å². The zero-order chi connectivity index (χ0) is 12.7. The van der Waals surface area contributed by atoms with Crippen LogP contribution in [0.5, 0.6) is 0 Å². The van der Waals surface area contributed by atoms with E-state index in [1.165, 1.54) is 0 Å². The lowest BCUT2D eigenvalue weighted by Crippen LogP contribution is -2.17. The summed E-state index contributed by atoms with van der Waals surface area (Å²) < 4.78 is 0. The molecule has 1 unspecified atom stereocenters. The van der Waals surface area contributed by atoms with Gasteiger partial charge in [-0.15, -0.1) is 12.4 Å². The molecular weight excluding hydrogens is 260 g/mol. The fraction of sp³-hybridized carbons (Fsp3) is 0.133. The highest BCUT2D eigenvalue weighted by atomic mass is 35.5. The number of nitrogens with one attached hydrogen (secondary N) is 1. The van der Waals surface area contributed by atoms with Gasteiger partial charge in [0.2, 0.25) is 5.91 Å². The molecule has 3 nitrogen and oxygen atoms in total. The van der Waals surface area contributed by atoms with Crippen LogP contribution in [0.3, 0.4) is 0 Å². The minimum atomic E-state index is -0.173. The van der Waals surface area contributed by atoms with E-state index in [1.54, 1.807) is 0 Å². The number of hydrogen-bond donors (Lipinski definition) is 2. The Labute approximate surface area is 118 Å². The number of halogens is 1. The van der Waals surface area contributed by atoms with Gasteiger partial charge in [-0.1, -0.05) is 30.3 Å². The predicted molar refractivity (Wildman–Crippen MR) is 80.6 cm³/mol. The molecule has 1 aliphatic heterocycles. The van der Waals surface area contributed by atoms with Gasteiger partial charge in [-0.2, -0.15) is 0 Å². The third-order valence-electron chi connectivity index (χ3n) is 3.44. The van der Waals surface area contributed by atoms with Crippen molar-refractivity contribution in [2.45, 2.75) is 12.8 Å². The van der Waals surface area contributed by atoms with Gasteiger partial charge in [-0.05, 0) is 30.2 Å². The Morgan fingerprint density at radius 1 is 1.11 bits per heavy atom. The van der Waals surface area contributed by atoms with E-state index in [4.69, 9.17) is 5.73 Å². The first kappa shape index (κ1) is 13.4. The minimum Gasteiger partial charge on any atom is -0.398 e. The molecule has 0 radical (unpaired) electrons. The second-order valence-corrected chi connectivity index (χ2v) is 4.57. The van der Waals surface area contributed by atoms with Gasteiger partial charge in [0, 0.05) is 11.3 Å². The zero-order valence-electron chi connectivity index (χ0n) is 10.5. The Morgan fingerprint density at radius 3 is 2.63 bits per heavy atom. The number of anilines is 2. The SMILES string of the molecule is CC1C(=O)Nc2cccc(N)c2-c2ccccc21.Cl. The van der Waals surface area contributed by atoms with Crippen molar-refractivity contribution in [3.8, 4) is 11.1 Å². The molecule has 0 saturated heterocycles. The highest BCUT2D eigenvalue weighted by Gasteiger charge is 2.25. The van der Waals surface area contributed by atoms with Gasteiger partial charge in [-0.25, -0.2) is 0 Å². The van der Waals surface area contributed by atoms with Gasteiger partial charge in [0.25, 0.3) is 0 Å². The van der Waals surface area contributed by atoms with Crippen LogP contribution in [-0.2, 0) is 4.79 Å². The summed E-state index contributed by atoms with van der Waals surface area (Å²) in [6, 6.07) is 13.5. The lowest BCUT2D eigenvalue weighted by Gasteiger charge is -2.12. The average Bonchev–Trinajstić information content (AvgIpc) is 2.48. The van der Waals surface area contributed by atoms with Gasteiger partial charge >= 0.3 is 0 Å². The molecule has 0 aliphatic carbocycles. The van der Waals surface area contributed by atoms with E-state index < -0.39 is 0 Å². The monoisotopic (exact) mass is 274 g/mol. The number of amides is 1. The number of fused-ring (bicyclic) bond motifs is 3. The van der Waals surface area contributed by atoms with E-state index in [1.807, 2.05) is 49.4 Å². The average molecular weight is 275 g/mol. The molecule has 3 rings (SSSR count). The summed E-state index contributed by atoms with van der Waals surface area (Å²) in [6.45, 7) is 1.91. The predicted octanol–water partition coefficient (Wildman–Crippen LogP) is 3.41. The number of nitrogen functional groups attached to an aromatic ring is 1.